The van der Waals surface area contributed by atoms with Gasteiger partial charge in [-0.05, 0) is 31.1 Å². The maximum absolute atomic E-state index is 11.6. The van der Waals surface area contributed by atoms with Gasteiger partial charge in [-0.3, -0.25) is 4.79 Å². The van der Waals surface area contributed by atoms with Crippen LogP contribution in [0.1, 0.15) is 32.1 Å². The lowest BCUT2D eigenvalue weighted by atomic mass is 9.95. The van der Waals surface area contributed by atoms with Gasteiger partial charge in [0, 0.05) is 11.8 Å². The van der Waals surface area contributed by atoms with Gasteiger partial charge in [0.05, 0.1) is 0 Å². The molecule has 4 unspecified atom stereocenters. The van der Waals surface area contributed by atoms with E-state index in [2.05, 4.69) is 0 Å². The molecule has 11 heavy (non-hydrogen) atoms. The Morgan fingerprint density at radius 3 is 2.09 bits per heavy atom. The first kappa shape index (κ1) is 6.22. The predicted octanol–water partition coefficient (Wildman–Crippen LogP) is 2.01. The zero-order valence-corrected chi connectivity index (χ0v) is 6.75. The van der Waals surface area contributed by atoms with Crippen molar-refractivity contribution in [1.29, 1.82) is 0 Å². The molecule has 0 radical (unpaired) electrons. The second-order valence-corrected chi connectivity index (χ2v) is 4.46. The number of Topliss-reactive ketones (excluding diaryl/α,β-unsaturated/α-hetero) is 1. The molecule has 0 aromatic rings. The monoisotopic (exact) mass is 150 g/mol. The van der Waals surface area contributed by atoms with Crippen LogP contribution in [-0.4, -0.2) is 5.78 Å². The number of fused-ring (bicyclic) bond motifs is 5. The minimum atomic E-state index is 0.521. The van der Waals surface area contributed by atoms with Crippen molar-refractivity contribution in [2.75, 3.05) is 0 Å². The van der Waals surface area contributed by atoms with Crippen LogP contribution in [0.5, 0.6) is 0 Å². The fourth-order valence-corrected chi connectivity index (χ4v) is 3.30. The standard InChI is InChI=1S/C10H14O/c11-10-6-3-1-2-4-7(10)9-5-8(6)9/h6-9H,1-5H2. The lowest BCUT2D eigenvalue weighted by Crippen LogP contribution is -2.16. The van der Waals surface area contributed by atoms with E-state index in [1.807, 2.05) is 0 Å². The van der Waals surface area contributed by atoms with E-state index >= 15 is 0 Å². The lowest BCUT2D eigenvalue weighted by molar-refractivity contribution is -0.125. The van der Waals surface area contributed by atoms with Crippen LogP contribution in [-0.2, 0) is 4.79 Å². The summed E-state index contributed by atoms with van der Waals surface area (Å²) in [4.78, 5) is 11.6. The van der Waals surface area contributed by atoms with E-state index in [-0.39, 0.29) is 0 Å². The number of hydrogen-bond donors (Lipinski definition) is 0. The highest BCUT2D eigenvalue weighted by atomic mass is 16.1. The third kappa shape index (κ3) is 0.692. The Labute approximate surface area is 67.2 Å². The molecule has 0 N–H and O–H groups in total. The molecule has 3 aliphatic carbocycles. The van der Waals surface area contributed by atoms with Gasteiger partial charge in [-0.1, -0.05) is 12.8 Å². The first-order valence-electron chi connectivity index (χ1n) is 4.91. The molecule has 0 aliphatic heterocycles. The van der Waals surface area contributed by atoms with Crippen LogP contribution in [0, 0.1) is 23.7 Å². The molecule has 0 amide bonds. The van der Waals surface area contributed by atoms with Crippen LogP contribution in [0.2, 0.25) is 0 Å². The average molecular weight is 150 g/mol. The van der Waals surface area contributed by atoms with Crippen molar-refractivity contribution in [3.05, 3.63) is 0 Å². The van der Waals surface area contributed by atoms with E-state index in [0.29, 0.717) is 17.6 Å². The van der Waals surface area contributed by atoms with E-state index in [0.717, 1.165) is 11.8 Å². The van der Waals surface area contributed by atoms with Gasteiger partial charge >= 0.3 is 0 Å². The second-order valence-electron chi connectivity index (χ2n) is 4.46. The summed E-state index contributed by atoms with van der Waals surface area (Å²) in [5.74, 6) is 3.39. The van der Waals surface area contributed by atoms with Gasteiger partial charge in [-0.15, -0.1) is 0 Å². The number of carbonyl (C=O) groups is 1. The van der Waals surface area contributed by atoms with Crippen molar-refractivity contribution in [3.8, 4) is 0 Å². The van der Waals surface area contributed by atoms with Crippen LogP contribution < -0.4 is 0 Å². The Bertz CT molecular complexity index is 189. The topological polar surface area (TPSA) is 17.1 Å². The molecule has 0 spiro atoms. The smallest absolute Gasteiger partial charge is 0.139 e. The van der Waals surface area contributed by atoms with Crippen molar-refractivity contribution >= 4 is 5.78 Å². The summed E-state index contributed by atoms with van der Waals surface area (Å²) in [6.07, 6.45) is 6.46. The van der Waals surface area contributed by atoms with Crippen molar-refractivity contribution in [1.82, 2.24) is 0 Å². The highest BCUT2D eigenvalue weighted by Crippen LogP contribution is 2.60. The first-order chi connectivity index (χ1) is 5.38. The predicted molar refractivity (Wildman–Crippen MR) is 42.1 cm³/mol. The van der Waals surface area contributed by atoms with Crippen LogP contribution in [0.15, 0.2) is 0 Å². The summed E-state index contributed by atoms with van der Waals surface area (Å²) in [6.45, 7) is 0. The van der Waals surface area contributed by atoms with Gasteiger partial charge in [0.25, 0.3) is 0 Å². The molecule has 60 valence electrons. The SMILES string of the molecule is O=C1C2CCCCC1C1CC21. The second kappa shape index (κ2) is 1.88. The number of hydrogen-bond acceptors (Lipinski definition) is 1. The Morgan fingerprint density at radius 2 is 1.55 bits per heavy atom. The Balaban J connectivity index is 1.95. The van der Waals surface area contributed by atoms with E-state index in [9.17, 15) is 4.79 Å². The largest absolute Gasteiger partial charge is 0.299 e. The minimum absolute atomic E-state index is 0.521. The Hall–Kier alpha value is -0.330. The van der Waals surface area contributed by atoms with E-state index in [4.69, 9.17) is 0 Å². The fourth-order valence-electron chi connectivity index (χ4n) is 3.30. The van der Waals surface area contributed by atoms with Crippen molar-refractivity contribution in [2.45, 2.75) is 32.1 Å². The maximum atomic E-state index is 11.6. The molecule has 3 fully saturated rings. The van der Waals surface area contributed by atoms with Gasteiger partial charge < -0.3 is 0 Å². The molecule has 4 atom stereocenters. The van der Waals surface area contributed by atoms with Crippen molar-refractivity contribution < 1.29 is 4.79 Å². The molecule has 3 saturated carbocycles. The van der Waals surface area contributed by atoms with Crippen LogP contribution in [0.3, 0.4) is 0 Å². The normalized spacial score (nSPS) is 53.6. The fraction of sp³-hybridized carbons (Fsp3) is 0.900. The molecule has 0 saturated heterocycles. The summed E-state index contributed by atoms with van der Waals surface area (Å²) >= 11 is 0. The van der Waals surface area contributed by atoms with Crippen molar-refractivity contribution in [2.24, 2.45) is 23.7 Å². The molecule has 2 bridgehead atoms. The Kier molecular flexibility index (Phi) is 1.06. The van der Waals surface area contributed by atoms with E-state index < -0.39 is 0 Å². The Morgan fingerprint density at radius 1 is 1.00 bits per heavy atom. The first-order valence-corrected chi connectivity index (χ1v) is 4.91. The molecule has 1 nitrogen and oxygen atoms in total. The zero-order valence-electron chi connectivity index (χ0n) is 6.75. The number of carbonyl (C=O) groups excluding carboxylic acids is 1. The zero-order chi connectivity index (χ0) is 7.42. The molecule has 3 rings (SSSR count). The highest BCUT2D eigenvalue weighted by molar-refractivity contribution is 5.88. The average Bonchev–Trinajstić information content (AvgIpc) is 2.63. The third-order valence-electron chi connectivity index (χ3n) is 3.94. The lowest BCUT2D eigenvalue weighted by Gasteiger charge is -2.08. The van der Waals surface area contributed by atoms with Gasteiger partial charge in [0.15, 0.2) is 0 Å². The maximum Gasteiger partial charge on any atom is 0.139 e. The van der Waals surface area contributed by atoms with Crippen molar-refractivity contribution in [3.63, 3.8) is 0 Å². The van der Waals surface area contributed by atoms with E-state index in [1.54, 1.807) is 0 Å². The molecular weight excluding hydrogens is 136 g/mol. The number of rotatable bonds is 0. The van der Waals surface area contributed by atoms with Crippen LogP contribution >= 0.6 is 0 Å². The summed E-state index contributed by atoms with van der Waals surface area (Å²) in [7, 11) is 0. The highest BCUT2D eigenvalue weighted by Gasteiger charge is 2.59. The van der Waals surface area contributed by atoms with Gasteiger partial charge in [0.1, 0.15) is 5.78 Å². The van der Waals surface area contributed by atoms with Crippen LogP contribution in [0.4, 0.5) is 0 Å². The molecule has 3 aliphatic rings. The summed E-state index contributed by atoms with van der Waals surface area (Å²) in [5.41, 5.74) is 0. The number of ketones is 1. The third-order valence-corrected chi connectivity index (χ3v) is 3.94. The van der Waals surface area contributed by atoms with Gasteiger partial charge in [-0.2, -0.15) is 0 Å². The van der Waals surface area contributed by atoms with Gasteiger partial charge in [0.2, 0.25) is 0 Å². The molecule has 0 aromatic carbocycles. The molecule has 0 heterocycles. The molecule has 1 heteroatoms. The quantitative estimate of drug-likeness (QED) is 0.516. The summed E-state index contributed by atoms with van der Waals surface area (Å²) in [5, 5.41) is 0. The van der Waals surface area contributed by atoms with Gasteiger partial charge in [-0.25, -0.2) is 0 Å². The van der Waals surface area contributed by atoms with Crippen LogP contribution in [0.25, 0.3) is 0 Å². The minimum Gasteiger partial charge on any atom is -0.299 e. The van der Waals surface area contributed by atoms with E-state index in [1.165, 1.54) is 32.1 Å². The molecule has 0 aromatic heterocycles. The summed E-state index contributed by atoms with van der Waals surface area (Å²) < 4.78 is 0. The summed E-state index contributed by atoms with van der Waals surface area (Å²) in [6, 6.07) is 0. The molecular formula is C10H14O.